The van der Waals surface area contributed by atoms with E-state index in [-0.39, 0.29) is 6.10 Å². The standard InChI is InChI=1S/C4H12O3P/c1-4(2)7-8(3,5)6/h4-6H,1-3H3/q+1. The van der Waals surface area contributed by atoms with Crippen LogP contribution in [0.3, 0.4) is 0 Å². The number of rotatable bonds is 2. The molecule has 0 aliphatic carbocycles. The largest absolute Gasteiger partial charge is 0.403 e. The minimum atomic E-state index is -2.97. The van der Waals surface area contributed by atoms with Crippen LogP contribution in [-0.2, 0) is 4.52 Å². The summed E-state index contributed by atoms with van der Waals surface area (Å²) >= 11 is 0. The van der Waals surface area contributed by atoms with Gasteiger partial charge in [-0.25, -0.2) is 0 Å². The van der Waals surface area contributed by atoms with Gasteiger partial charge in [-0.15, -0.1) is 0 Å². The summed E-state index contributed by atoms with van der Waals surface area (Å²) < 4.78 is 4.66. The summed E-state index contributed by atoms with van der Waals surface area (Å²) in [6.07, 6.45) is -0.108. The van der Waals surface area contributed by atoms with Crippen LogP contribution >= 0.6 is 7.94 Å². The molecule has 8 heavy (non-hydrogen) atoms. The van der Waals surface area contributed by atoms with Crippen molar-refractivity contribution in [3.8, 4) is 0 Å². The van der Waals surface area contributed by atoms with Gasteiger partial charge >= 0.3 is 7.94 Å². The van der Waals surface area contributed by atoms with Crippen molar-refractivity contribution in [3.05, 3.63) is 0 Å². The zero-order valence-corrected chi connectivity index (χ0v) is 6.22. The Kier molecular flexibility index (Phi) is 2.84. The first-order valence-corrected chi connectivity index (χ1v) is 4.48. The predicted octanol–water partition coefficient (Wildman–Crippen LogP) is 0.788. The molecule has 0 aromatic heterocycles. The van der Waals surface area contributed by atoms with Gasteiger partial charge in [0, 0.05) is 0 Å². The molecule has 0 spiro atoms. The normalized spacial score (nSPS) is 12.8. The topological polar surface area (TPSA) is 49.7 Å². The van der Waals surface area contributed by atoms with Gasteiger partial charge in [-0.05, 0) is 13.8 Å². The van der Waals surface area contributed by atoms with Crippen molar-refractivity contribution >= 4 is 7.94 Å². The highest BCUT2D eigenvalue weighted by molar-refractivity contribution is 7.58. The zero-order chi connectivity index (χ0) is 6.78. The highest BCUT2D eigenvalue weighted by Crippen LogP contribution is 2.47. The molecule has 50 valence electrons. The fourth-order valence-corrected chi connectivity index (χ4v) is 1.20. The maximum Gasteiger partial charge on any atom is 0.403 e. The van der Waals surface area contributed by atoms with E-state index in [4.69, 9.17) is 9.79 Å². The Morgan fingerprint density at radius 2 is 1.75 bits per heavy atom. The van der Waals surface area contributed by atoms with E-state index in [1.165, 1.54) is 6.66 Å². The van der Waals surface area contributed by atoms with E-state index < -0.39 is 7.94 Å². The number of hydrogen-bond acceptors (Lipinski definition) is 3. The molecule has 0 atom stereocenters. The van der Waals surface area contributed by atoms with E-state index in [1.807, 2.05) is 0 Å². The van der Waals surface area contributed by atoms with Crippen LogP contribution in [0.4, 0.5) is 0 Å². The highest BCUT2D eigenvalue weighted by Gasteiger charge is 2.28. The van der Waals surface area contributed by atoms with Gasteiger partial charge in [-0.3, -0.25) is 0 Å². The quantitative estimate of drug-likeness (QED) is 0.556. The molecule has 0 saturated heterocycles. The van der Waals surface area contributed by atoms with Gasteiger partial charge in [0.15, 0.2) is 0 Å². The summed E-state index contributed by atoms with van der Waals surface area (Å²) in [6, 6.07) is 0. The van der Waals surface area contributed by atoms with Crippen molar-refractivity contribution in [2.24, 2.45) is 0 Å². The minimum Gasteiger partial charge on any atom is -0.193 e. The van der Waals surface area contributed by atoms with E-state index in [0.717, 1.165) is 0 Å². The van der Waals surface area contributed by atoms with Crippen LogP contribution in [-0.4, -0.2) is 22.6 Å². The maximum absolute atomic E-state index is 8.63. The molecule has 0 fully saturated rings. The minimum absolute atomic E-state index is 0.108. The molecule has 4 heteroatoms. The van der Waals surface area contributed by atoms with E-state index in [2.05, 4.69) is 4.52 Å². The van der Waals surface area contributed by atoms with Crippen LogP contribution in [0.2, 0.25) is 0 Å². The Bertz CT molecular complexity index is 66.2. The lowest BCUT2D eigenvalue weighted by molar-refractivity contribution is 0.184. The molecule has 0 aliphatic heterocycles. The SMILES string of the molecule is CC(C)O[P+](C)(O)O. The van der Waals surface area contributed by atoms with E-state index in [1.54, 1.807) is 13.8 Å². The van der Waals surface area contributed by atoms with Crippen molar-refractivity contribution in [2.45, 2.75) is 20.0 Å². The molecule has 3 nitrogen and oxygen atoms in total. The zero-order valence-electron chi connectivity index (χ0n) is 5.33. The highest BCUT2D eigenvalue weighted by atomic mass is 31.2. The van der Waals surface area contributed by atoms with Crippen molar-refractivity contribution < 1.29 is 14.3 Å². The fourth-order valence-electron chi connectivity index (χ4n) is 0.399. The lowest BCUT2D eigenvalue weighted by Gasteiger charge is -2.07. The maximum atomic E-state index is 8.63. The van der Waals surface area contributed by atoms with Gasteiger partial charge < -0.3 is 0 Å². The molecule has 0 aromatic carbocycles. The smallest absolute Gasteiger partial charge is 0.193 e. The third-order valence-corrected chi connectivity index (χ3v) is 1.23. The summed E-state index contributed by atoms with van der Waals surface area (Å²) in [5.74, 6) is 0. The fraction of sp³-hybridized carbons (Fsp3) is 1.00. The first kappa shape index (κ1) is 8.31. The van der Waals surface area contributed by atoms with Gasteiger partial charge in [0.25, 0.3) is 0 Å². The van der Waals surface area contributed by atoms with Crippen molar-refractivity contribution in [3.63, 3.8) is 0 Å². The molecule has 0 saturated carbocycles. The van der Waals surface area contributed by atoms with Crippen LogP contribution in [0.25, 0.3) is 0 Å². The van der Waals surface area contributed by atoms with Gasteiger partial charge in [0.2, 0.25) is 0 Å². The second kappa shape index (κ2) is 2.74. The Morgan fingerprint density at radius 1 is 1.38 bits per heavy atom. The molecule has 2 N–H and O–H groups in total. The van der Waals surface area contributed by atoms with Crippen molar-refractivity contribution in [1.82, 2.24) is 0 Å². The van der Waals surface area contributed by atoms with Gasteiger partial charge in [-0.2, -0.15) is 14.3 Å². The summed E-state index contributed by atoms with van der Waals surface area (Å²) in [4.78, 5) is 17.3. The third kappa shape index (κ3) is 6.31. The van der Waals surface area contributed by atoms with Crippen LogP contribution in [0.5, 0.6) is 0 Å². The third-order valence-electron chi connectivity index (χ3n) is 0.411. The molecule has 0 amide bonds. The first-order chi connectivity index (χ1) is 3.42. The second-order valence-corrected chi connectivity index (χ2v) is 3.87. The average Bonchev–Trinajstić information content (AvgIpc) is 1.21. The summed E-state index contributed by atoms with van der Waals surface area (Å²) in [6.45, 7) is 4.79. The second-order valence-electron chi connectivity index (χ2n) is 1.99. The molecule has 0 unspecified atom stereocenters. The molecular formula is C4H12O3P+. The van der Waals surface area contributed by atoms with Crippen LogP contribution in [0.1, 0.15) is 13.8 Å². The summed E-state index contributed by atoms with van der Waals surface area (Å²) in [5.41, 5.74) is 0. The van der Waals surface area contributed by atoms with Crippen LogP contribution in [0.15, 0.2) is 0 Å². The predicted molar refractivity (Wildman–Crippen MR) is 33.5 cm³/mol. The first-order valence-electron chi connectivity index (χ1n) is 2.42. The molecule has 0 radical (unpaired) electrons. The lowest BCUT2D eigenvalue weighted by atomic mass is 10.5. The molecular weight excluding hydrogens is 127 g/mol. The van der Waals surface area contributed by atoms with E-state index in [0.29, 0.717) is 0 Å². The average molecular weight is 139 g/mol. The van der Waals surface area contributed by atoms with Crippen molar-refractivity contribution in [2.75, 3.05) is 6.66 Å². The summed E-state index contributed by atoms with van der Waals surface area (Å²) in [7, 11) is -2.97. The Hall–Kier alpha value is 0.310. The Morgan fingerprint density at radius 3 is 1.75 bits per heavy atom. The molecule has 0 heterocycles. The van der Waals surface area contributed by atoms with Gasteiger partial charge in [-0.1, -0.05) is 0 Å². The molecule has 0 rings (SSSR count). The lowest BCUT2D eigenvalue weighted by Crippen LogP contribution is -2.02. The monoisotopic (exact) mass is 139 g/mol. The van der Waals surface area contributed by atoms with Crippen LogP contribution in [0, 0.1) is 0 Å². The number of hydrogen-bond donors (Lipinski definition) is 2. The van der Waals surface area contributed by atoms with Gasteiger partial charge in [0.1, 0.15) is 12.8 Å². The summed E-state index contributed by atoms with van der Waals surface area (Å²) in [5, 5.41) is 0. The Labute approximate surface area is 49.9 Å². The molecule has 0 bridgehead atoms. The molecule has 0 aromatic rings. The van der Waals surface area contributed by atoms with Crippen molar-refractivity contribution in [1.29, 1.82) is 0 Å². The van der Waals surface area contributed by atoms with Crippen LogP contribution < -0.4 is 0 Å². The van der Waals surface area contributed by atoms with Gasteiger partial charge in [0.05, 0.1) is 0 Å². The Balaban J connectivity index is 3.39. The van der Waals surface area contributed by atoms with E-state index >= 15 is 0 Å². The van der Waals surface area contributed by atoms with E-state index in [9.17, 15) is 0 Å². The molecule has 0 aliphatic rings.